The van der Waals surface area contributed by atoms with Gasteiger partial charge in [-0.3, -0.25) is 0 Å². The summed E-state index contributed by atoms with van der Waals surface area (Å²) in [6, 6.07) is 0.344. The molecule has 0 amide bonds. The average Bonchev–Trinajstić information content (AvgIpc) is 2.81. The fourth-order valence-corrected chi connectivity index (χ4v) is 5.46. The lowest BCUT2D eigenvalue weighted by Crippen LogP contribution is -2.11. The third-order valence-electron chi connectivity index (χ3n) is 5.28. The molecule has 3 saturated carbocycles. The summed E-state index contributed by atoms with van der Waals surface area (Å²) in [7, 11) is 1.98. The number of rotatable bonds is 3. The van der Waals surface area contributed by atoms with E-state index in [-0.39, 0.29) is 0 Å². The van der Waals surface area contributed by atoms with Crippen LogP contribution in [0.4, 0.5) is 0 Å². The molecule has 1 N–H and O–H groups in total. The summed E-state index contributed by atoms with van der Waals surface area (Å²) in [6.07, 6.45) is 4.49. The van der Waals surface area contributed by atoms with Crippen molar-refractivity contribution in [1.82, 2.24) is 15.5 Å². The lowest BCUT2D eigenvalue weighted by atomic mass is 10.0. The second-order valence-corrected chi connectivity index (χ2v) is 7.04. The van der Waals surface area contributed by atoms with Crippen molar-refractivity contribution in [2.45, 2.75) is 38.1 Å². The van der Waals surface area contributed by atoms with Gasteiger partial charge in [-0.25, -0.2) is 0 Å². The van der Waals surface area contributed by atoms with E-state index < -0.39 is 0 Å². The molecule has 0 aliphatic heterocycles. The van der Waals surface area contributed by atoms with E-state index in [1.165, 1.54) is 24.3 Å². The summed E-state index contributed by atoms with van der Waals surface area (Å²) in [6.45, 7) is 2.15. The summed E-state index contributed by atoms with van der Waals surface area (Å²) in [5.74, 6) is 4.82. The van der Waals surface area contributed by atoms with Gasteiger partial charge in [-0.1, -0.05) is 11.3 Å². The maximum absolute atomic E-state index is 4.45. The molecular weight excluding hydrogens is 230 g/mol. The van der Waals surface area contributed by atoms with Gasteiger partial charge in [0.2, 0.25) is 0 Å². The van der Waals surface area contributed by atoms with Gasteiger partial charge in [0.05, 0.1) is 6.04 Å². The van der Waals surface area contributed by atoms with Crippen molar-refractivity contribution in [3.8, 4) is 0 Å². The van der Waals surface area contributed by atoms with Gasteiger partial charge in [0.15, 0.2) is 0 Å². The molecule has 1 heterocycles. The fourth-order valence-electron chi connectivity index (χ4n) is 4.33. The second kappa shape index (κ2) is 3.51. The molecule has 17 heavy (non-hydrogen) atoms. The Kier molecular flexibility index (Phi) is 2.16. The van der Waals surface area contributed by atoms with Gasteiger partial charge < -0.3 is 5.32 Å². The zero-order valence-corrected chi connectivity index (χ0v) is 11.2. The first-order chi connectivity index (χ1) is 8.29. The van der Waals surface area contributed by atoms with Crippen LogP contribution in [0.3, 0.4) is 0 Å². The molecule has 2 bridgehead atoms. The van der Waals surface area contributed by atoms with Gasteiger partial charge >= 0.3 is 0 Å². The Bertz CT molecular complexity index is 428. The van der Waals surface area contributed by atoms with Crippen LogP contribution in [-0.2, 0) is 0 Å². The van der Waals surface area contributed by atoms with Gasteiger partial charge in [-0.15, -0.1) is 10.2 Å². The summed E-state index contributed by atoms with van der Waals surface area (Å²) in [4.78, 5) is 0. The SMILES string of the molecule is CNC(C)c1nnc(C2C3C4CCC(C4)C23)s1. The highest BCUT2D eigenvalue weighted by Crippen LogP contribution is 2.73. The largest absolute Gasteiger partial charge is 0.311 e. The first-order valence-electron chi connectivity index (χ1n) is 6.80. The number of nitrogens with zero attached hydrogens (tertiary/aromatic N) is 2. The van der Waals surface area contributed by atoms with Crippen LogP contribution in [0.15, 0.2) is 0 Å². The monoisotopic (exact) mass is 249 g/mol. The van der Waals surface area contributed by atoms with E-state index in [0.29, 0.717) is 6.04 Å². The van der Waals surface area contributed by atoms with E-state index in [1.54, 1.807) is 0 Å². The lowest BCUT2D eigenvalue weighted by molar-refractivity contribution is 0.456. The van der Waals surface area contributed by atoms with Crippen LogP contribution in [0.5, 0.6) is 0 Å². The second-order valence-electron chi connectivity index (χ2n) is 6.00. The molecule has 5 unspecified atom stereocenters. The number of hydrogen-bond acceptors (Lipinski definition) is 4. The number of fused-ring (bicyclic) bond motifs is 5. The van der Waals surface area contributed by atoms with Crippen molar-refractivity contribution < 1.29 is 0 Å². The molecule has 0 saturated heterocycles. The molecule has 92 valence electrons. The molecule has 1 aromatic heterocycles. The standard InChI is InChI=1S/C13H19N3S/c1-6(14-2)12-15-16-13(17-12)11-9-7-3-4-8(5-7)10(9)11/h6-11,14H,3-5H2,1-2H3. The third-order valence-corrected chi connectivity index (χ3v) is 6.49. The van der Waals surface area contributed by atoms with E-state index in [1.807, 2.05) is 18.4 Å². The van der Waals surface area contributed by atoms with Crippen LogP contribution in [0.25, 0.3) is 0 Å². The number of hydrogen-bond donors (Lipinski definition) is 1. The smallest absolute Gasteiger partial charge is 0.134 e. The van der Waals surface area contributed by atoms with Crippen LogP contribution in [0.2, 0.25) is 0 Å². The van der Waals surface area contributed by atoms with E-state index in [9.17, 15) is 0 Å². The summed E-state index contributed by atoms with van der Waals surface area (Å²) >= 11 is 1.84. The Morgan fingerprint density at radius 3 is 2.59 bits per heavy atom. The molecule has 4 heteroatoms. The summed E-state index contributed by atoms with van der Waals surface area (Å²) < 4.78 is 0. The normalized spacial score (nSPS) is 43.8. The zero-order chi connectivity index (χ0) is 11.6. The van der Waals surface area contributed by atoms with Crippen molar-refractivity contribution in [2.24, 2.45) is 23.7 Å². The number of aromatic nitrogens is 2. The van der Waals surface area contributed by atoms with E-state index in [2.05, 4.69) is 22.4 Å². The van der Waals surface area contributed by atoms with Crippen LogP contribution in [0.1, 0.15) is 48.2 Å². The predicted molar refractivity (Wildman–Crippen MR) is 67.9 cm³/mol. The first kappa shape index (κ1) is 10.4. The summed E-state index contributed by atoms with van der Waals surface area (Å²) in [5.41, 5.74) is 0. The Morgan fingerprint density at radius 1 is 1.24 bits per heavy atom. The molecular formula is C13H19N3S. The van der Waals surface area contributed by atoms with E-state index in [4.69, 9.17) is 0 Å². The number of nitrogens with one attached hydrogen (secondary N) is 1. The Hall–Kier alpha value is -0.480. The van der Waals surface area contributed by atoms with E-state index >= 15 is 0 Å². The molecule has 3 aliphatic rings. The van der Waals surface area contributed by atoms with Crippen molar-refractivity contribution in [1.29, 1.82) is 0 Å². The molecule has 3 aliphatic carbocycles. The van der Waals surface area contributed by atoms with Gasteiger partial charge in [-0.2, -0.15) is 0 Å². The fraction of sp³-hybridized carbons (Fsp3) is 0.846. The quantitative estimate of drug-likeness (QED) is 0.894. The van der Waals surface area contributed by atoms with Crippen LogP contribution in [-0.4, -0.2) is 17.2 Å². The lowest BCUT2D eigenvalue weighted by Gasteiger charge is -2.05. The Morgan fingerprint density at radius 2 is 1.94 bits per heavy atom. The van der Waals surface area contributed by atoms with Crippen molar-refractivity contribution in [3.05, 3.63) is 10.0 Å². The predicted octanol–water partition coefficient (Wildman–Crippen LogP) is 2.58. The molecule has 5 atom stereocenters. The summed E-state index contributed by atoms with van der Waals surface area (Å²) in [5, 5.41) is 14.5. The molecule has 3 fully saturated rings. The average molecular weight is 249 g/mol. The van der Waals surface area contributed by atoms with Gasteiger partial charge in [0.25, 0.3) is 0 Å². The molecule has 4 rings (SSSR count). The minimum atomic E-state index is 0.344. The topological polar surface area (TPSA) is 37.8 Å². The Balaban J connectivity index is 1.56. The maximum Gasteiger partial charge on any atom is 0.134 e. The van der Waals surface area contributed by atoms with Crippen molar-refractivity contribution >= 4 is 11.3 Å². The van der Waals surface area contributed by atoms with Gasteiger partial charge in [0.1, 0.15) is 10.0 Å². The van der Waals surface area contributed by atoms with Crippen LogP contribution < -0.4 is 5.32 Å². The minimum Gasteiger partial charge on any atom is -0.311 e. The Labute approximate surface area is 106 Å². The zero-order valence-electron chi connectivity index (χ0n) is 10.4. The molecule has 0 spiro atoms. The molecule has 0 radical (unpaired) electrons. The molecule has 3 nitrogen and oxygen atoms in total. The first-order valence-corrected chi connectivity index (χ1v) is 7.61. The minimum absolute atomic E-state index is 0.344. The highest BCUT2D eigenvalue weighted by Gasteiger charge is 2.66. The van der Waals surface area contributed by atoms with Crippen LogP contribution in [0, 0.1) is 23.7 Å². The molecule has 0 aromatic carbocycles. The third kappa shape index (κ3) is 1.37. The maximum atomic E-state index is 4.45. The highest BCUT2D eigenvalue weighted by atomic mass is 32.1. The van der Waals surface area contributed by atoms with Gasteiger partial charge in [-0.05, 0) is 56.9 Å². The van der Waals surface area contributed by atoms with Crippen molar-refractivity contribution in [3.63, 3.8) is 0 Å². The van der Waals surface area contributed by atoms with Crippen molar-refractivity contribution in [2.75, 3.05) is 7.05 Å². The van der Waals surface area contributed by atoms with Crippen LogP contribution >= 0.6 is 11.3 Å². The molecule has 1 aromatic rings. The highest BCUT2D eigenvalue weighted by molar-refractivity contribution is 7.11. The van der Waals surface area contributed by atoms with Gasteiger partial charge in [0, 0.05) is 5.92 Å². The van der Waals surface area contributed by atoms with E-state index in [0.717, 1.165) is 34.6 Å².